The first-order valence-electron chi connectivity index (χ1n) is 5.99. The molecule has 3 aromatic heterocycles. The number of halogens is 3. The third-order valence-corrected chi connectivity index (χ3v) is 2.72. The number of nitrogens with zero attached hydrogens (tertiary/aromatic N) is 6. The average Bonchev–Trinajstić information content (AvgIpc) is 2.87. The first-order valence-corrected chi connectivity index (χ1v) is 5.99. The predicted octanol–water partition coefficient (Wildman–Crippen LogP) is 1.72. The summed E-state index contributed by atoms with van der Waals surface area (Å²) < 4.78 is 40.5. The standard InChI is InChI=1S/C12H8F3N7/c13-12(14,15)8-7(10-17-3-1-4-18-10)9(16)22(21-8)11-19-5-2-6-20-11/h1-6H,16H2. The van der Waals surface area contributed by atoms with Gasteiger partial charge < -0.3 is 5.73 Å². The molecule has 0 unspecified atom stereocenters. The molecule has 3 rings (SSSR count). The van der Waals surface area contributed by atoms with Crippen LogP contribution in [0.4, 0.5) is 19.0 Å². The molecule has 0 saturated carbocycles. The number of rotatable bonds is 2. The van der Waals surface area contributed by atoms with Crippen LogP contribution in [-0.2, 0) is 6.18 Å². The van der Waals surface area contributed by atoms with E-state index in [-0.39, 0.29) is 17.6 Å². The molecule has 3 aromatic rings. The Morgan fingerprint density at radius 1 is 0.909 bits per heavy atom. The summed E-state index contributed by atoms with van der Waals surface area (Å²) in [7, 11) is 0. The minimum Gasteiger partial charge on any atom is -0.383 e. The van der Waals surface area contributed by atoms with Crippen molar-refractivity contribution >= 4 is 5.82 Å². The van der Waals surface area contributed by atoms with Crippen LogP contribution in [0, 0.1) is 0 Å². The molecule has 112 valence electrons. The summed E-state index contributed by atoms with van der Waals surface area (Å²) >= 11 is 0. The normalized spacial score (nSPS) is 11.6. The monoisotopic (exact) mass is 307 g/mol. The van der Waals surface area contributed by atoms with Crippen molar-refractivity contribution in [3.05, 3.63) is 42.6 Å². The Morgan fingerprint density at radius 2 is 1.45 bits per heavy atom. The predicted molar refractivity (Wildman–Crippen MR) is 69.6 cm³/mol. The van der Waals surface area contributed by atoms with E-state index in [2.05, 4.69) is 25.0 Å². The van der Waals surface area contributed by atoms with Gasteiger partial charge in [-0.1, -0.05) is 0 Å². The van der Waals surface area contributed by atoms with Crippen molar-refractivity contribution in [1.82, 2.24) is 29.7 Å². The summed E-state index contributed by atoms with van der Waals surface area (Å²) in [6.45, 7) is 0. The van der Waals surface area contributed by atoms with E-state index in [4.69, 9.17) is 5.73 Å². The Balaban J connectivity index is 2.27. The molecule has 0 aliphatic rings. The lowest BCUT2D eigenvalue weighted by molar-refractivity contribution is -0.140. The Hall–Kier alpha value is -3.04. The highest BCUT2D eigenvalue weighted by Gasteiger charge is 2.40. The van der Waals surface area contributed by atoms with Gasteiger partial charge in [-0.15, -0.1) is 0 Å². The van der Waals surface area contributed by atoms with Crippen LogP contribution in [0.5, 0.6) is 0 Å². The van der Waals surface area contributed by atoms with Crippen molar-refractivity contribution in [3.8, 4) is 17.3 Å². The third-order valence-electron chi connectivity index (χ3n) is 2.72. The smallest absolute Gasteiger partial charge is 0.383 e. The van der Waals surface area contributed by atoms with E-state index in [1.165, 1.54) is 36.9 Å². The molecule has 0 radical (unpaired) electrons. The number of nitrogen functional groups attached to an aromatic ring is 1. The van der Waals surface area contributed by atoms with Gasteiger partial charge in [0.15, 0.2) is 11.5 Å². The maximum atomic E-state index is 13.2. The number of hydrogen-bond acceptors (Lipinski definition) is 6. The van der Waals surface area contributed by atoms with Gasteiger partial charge in [0.2, 0.25) is 0 Å². The third kappa shape index (κ3) is 2.34. The second kappa shape index (κ2) is 5.06. The number of nitrogens with two attached hydrogens (primary N) is 1. The molecular weight excluding hydrogens is 299 g/mol. The molecule has 0 aliphatic heterocycles. The topological polar surface area (TPSA) is 95.4 Å². The van der Waals surface area contributed by atoms with Crippen LogP contribution in [-0.4, -0.2) is 29.7 Å². The van der Waals surface area contributed by atoms with Crippen LogP contribution in [0.15, 0.2) is 36.9 Å². The average molecular weight is 307 g/mol. The van der Waals surface area contributed by atoms with E-state index in [1.54, 1.807) is 0 Å². The highest BCUT2D eigenvalue weighted by molar-refractivity contribution is 5.73. The SMILES string of the molecule is Nc1c(-c2ncccn2)c(C(F)(F)F)nn1-c1ncccn1. The zero-order valence-corrected chi connectivity index (χ0v) is 10.9. The zero-order chi connectivity index (χ0) is 15.7. The first kappa shape index (κ1) is 13.9. The number of anilines is 1. The summed E-state index contributed by atoms with van der Waals surface area (Å²) in [6, 6.07) is 3.01. The molecule has 10 heteroatoms. The van der Waals surface area contributed by atoms with Gasteiger partial charge >= 0.3 is 6.18 Å². The molecule has 22 heavy (non-hydrogen) atoms. The highest BCUT2D eigenvalue weighted by Crippen LogP contribution is 2.38. The first-order chi connectivity index (χ1) is 10.5. The summed E-state index contributed by atoms with van der Waals surface area (Å²) in [5.41, 5.74) is 4.21. The van der Waals surface area contributed by atoms with Gasteiger partial charge in [-0.25, -0.2) is 19.9 Å². The molecule has 0 saturated heterocycles. The van der Waals surface area contributed by atoms with Crippen LogP contribution in [0.25, 0.3) is 17.3 Å². The molecule has 7 nitrogen and oxygen atoms in total. The van der Waals surface area contributed by atoms with Crippen molar-refractivity contribution in [2.75, 3.05) is 5.73 Å². The molecule has 0 bridgehead atoms. The fourth-order valence-corrected chi connectivity index (χ4v) is 1.83. The second-order valence-electron chi connectivity index (χ2n) is 4.14. The van der Waals surface area contributed by atoms with Crippen LogP contribution in [0.1, 0.15) is 5.69 Å². The molecule has 0 fully saturated rings. The Bertz CT molecular complexity index is 784. The maximum absolute atomic E-state index is 13.2. The van der Waals surface area contributed by atoms with Crippen LogP contribution in [0.3, 0.4) is 0 Å². The molecule has 0 atom stereocenters. The van der Waals surface area contributed by atoms with E-state index in [0.717, 1.165) is 4.68 Å². The Kier molecular flexibility index (Phi) is 3.20. The van der Waals surface area contributed by atoms with Gasteiger partial charge in [-0.2, -0.15) is 23.0 Å². The fraction of sp³-hybridized carbons (Fsp3) is 0.0833. The van der Waals surface area contributed by atoms with Crippen LogP contribution in [0.2, 0.25) is 0 Å². The maximum Gasteiger partial charge on any atom is 0.436 e. The molecular formula is C12H8F3N7. The molecule has 0 aromatic carbocycles. The van der Waals surface area contributed by atoms with Crippen molar-refractivity contribution < 1.29 is 13.2 Å². The Morgan fingerprint density at radius 3 is 2.00 bits per heavy atom. The van der Waals surface area contributed by atoms with Gasteiger partial charge in [0.05, 0.1) is 5.56 Å². The largest absolute Gasteiger partial charge is 0.436 e. The number of alkyl halides is 3. The lowest BCUT2D eigenvalue weighted by atomic mass is 10.2. The number of hydrogen-bond donors (Lipinski definition) is 1. The molecule has 0 amide bonds. The van der Waals surface area contributed by atoms with Gasteiger partial charge in [0.25, 0.3) is 5.95 Å². The summed E-state index contributed by atoms with van der Waals surface area (Å²) in [5, 5.41) is 3.49. The van der Waals surface area contributed by atoms with E-state index >= 15 is 0 Å². The summed E-state index contributed by atoms with van der Waals surface area (Å²) in [5.74, 6) is -0.535. The Labute approximate surface area is 121 Å². The van der Waals surface area contributed by atoms with Crippen LogP contribution >= 0.6 is 0 Å². The summed E-state index contributed by atoms with van der Waals surface area (Å²) in [6.07, 6.45) is 0.657. The van der Waals surface area contributed by atoms with Gasteiger partial charge in [0, 0.05) is 24.8 Å². The van der Waals surface area contributed by atoms with E-state index in [1.807, 2.05) is 0 Å². The molecule has 0 spiro atoms. The van der Waals surface area contributed by atoms with Crippen LogP contribution < -0.4 is 5.73 Å². The van der Waals surface area contributed by atoms with Crippen molar-refractivity contribution in [1.29, 1.82) is 0 Å². The van der Waals surface area contributed by atoms with Crippen molar-refractivity contribution in [2.24, 2.45) is 0 Å². The molecule has 3 heterocycles. The van der Waals surface area contributed by atoms with E-state index < -0.39 is 17.4 Å². The highest BCUT2D eigenvalue weighted by atomic mass is 19.4. The lowest BCUT2D eigenvalue weighted by Gasteiger charge is -2.05. The van der Waals surface area contributed by atoms with Gasteiger partial charge in [-0.3, -0.25) is 0 Å². The lowest BCUT2D eigenvalue weighted by Crippen LogP contribution is -2.10. The molecule has 0 aliphatic carbocycles. The fourth-order valence-electron chi connectivity index (χ4n) is 1.83. The van der Waals surface area contributed by atoms with E-state index in [0.29, 0.717) is 0 Å². The zero-order valence-electron chi connectivity index (χ0n) is 10.9. The van der Waals surface area contributed by atoms with Crippen molar-refractivity contribution in [3.63, 3.8) is 0 Å². The minimum atomic E-state index is -4.72. The number of aromatic nitrogens is 6. The van der Waals surface area contributed by atoms with E-state index in [9.17, 15) is 13.2 Å². The molecule has 2 N–H and O–H groups in total. The second-order valence-corrected chi connectivity index (χ2v) is 4.14. The quantitative estimate of drug-likeness (QED) is 0.774. The van der Waals surface area contributed by atoms with Gasteiger partial charge in [0.1, 0.15) is 5.82 Å². The van der Waals surface area contributed by atoms with Crippen molar-refractivity contribution in [2.45, 2.75) is 6.18 Å². The summed E-state index contributed by atoms with van der Waals surface area (Å²) in [4.78, 5) is 15.3. The van der Waals surface area contributed by atoms with Gasteiger partial charge in [-0.05, 0) is 12.1 Å². The minimum absolute atomic E-state index is 0.0762.